The molecule has 0 aromatic heterocycles. The van der Waals surface area contributed by atoms with Crippen LogP contribution in [0, 0.1) is 0 Å². The molecule has 1 aromatic carbocycles. The Morgan fingerprint density at radius 3 is 2.70 bits per heavy atom. The molecule has 1 saturated heterocycles. The zero-order valence-electron chi connectivity index (χ0n) is 11.4. The van der Waals surface area contributed by atoms with Crippen LogP contribution in [0.5, 0.6) is 0 Å². The molecule has 108 valence electrons. The zero-order valence-corrected chi connectivity index (χ0v) is 13.0. The summed E-state index contributed by atoms with van der Waals surface area (Å²) in [5, 5.41) is 3.31. The molecule has 2 amide bonds. The normalized spacial score (nSPS) is 20.1. The molecule has 6 heteroatoms. The number of hydrogen-bond donors (Lipinski definition) is 1. The van der Waals surface area contributed by atoms with E-state index in [1.165, 1.54) is 11.8 Å². The van der Waals surface area contributed by atoms with Crippen LogP contribution in [-0.4, -0.2) is 35.9 Å². The van der Waals surface area contributed by atoms with Crippen LogP contribution < -0.4 is 10.2 Å². The summed E-state index contributed by atoms with van der Waals surface area (Å²) < 4.78 is 0. The van der Waals surface area contributed by atoms with Gasteiger partial charge in [0.2, 0.25) is 11.8 Å². The Kier molecular flexibility index (Phi) is 4.94. The fourth-order valence-corrected chi connectivity index (χ4v) is 2.50. The summed E-state index contributed by atoms with van der Waals surface area (Å²) in [6, 6.07) is 6.72. The van der Waals surface area contributed by atoms with Crippen molar-refractivity contribution in [1.29, 1.82) is 0 Å². The number of halogens is 1. The number of thioether (sulfide) groups is 1. The van der Waals surface area contributed by atoms with Gasteiger partial charge in [-0.05, 0) is 43.9 Å². The number of anilines is 1. The second kappa shape index (κ2) is 6.50. The van der Waals surface area contributed by atoms with E-state index in [0.717, 1.165) is 5.69 Å². The van der Waals surface area contributed by atoms with Crippen molar-refractivity contribution < 1.29 is 9.59 Å². The molecule has 2 atom stereocenters. The van der Waals surface area contributed by atoms with Crippen LogP contribution in [-0.2, 0) is 9.59 Å². The van der Waals surface area contributed by atoms with Gasteiger partial charge in [-0.3, -0.25) is 9.59 Å². The van der Waals surface area contributed by atoms with Gasteiger partial charge in [-0.1, -0.05) is 11.6 Å². The monoisotopic (exact) mass is 312 g/mol. The Morgan fingerprint density at radius 1 is 1.45 bits per heavy atom. The molecule has 4 nitrogen and oxygen atoms in total. The van der Waals surface area contributed by atoms with Crippen molar-refractivity contribution in [2.75, 3.05) is 17.7 Å². The molecular weight excluding hydrogens is 296 g/mol. The average Bonchev–Trinajstić information content (AvgIpc) is 2.80. The highest BCUT2D eigenvalue weighted by Gasteiger charge is 2.34. The number of nitrogens with one attached hydrogen (secondary N) is 1. The van der Waals surface area contributed by atoms with Gasteiger partial charge in [-0.2, -0.15) is 11.8 Å². The van der Waals surface area contributed by atoms with Crippen LogP contribution in [0.2, 0.25) is 5.02 Å². The molecule has 1 N–H and O–H groups in total. The minimum atomic E-state index is -0.423. The van der Waals surface area contributed by atoms with Crippen LogP contribution in [0.15, 0.2) is 24.3 Å². The lowest BCUT2D eigenvalue weighted by atomic mass is 10.2. The van der Waals surface area contributed by atoms with Crippen LogP contribution in [0.25, 0.3) is 0 Å². The molecule has 0 radical (unpaired) electrons. The summed E-state index contributed by atoms with van der Waals surface area (Å²) in [6.45, 7) is 2.44. The molecule has 0 spiro atoms. The molecule has 20 heavy (non-hydrogen) atoms. The van der Waals surface area contributed by atoms with E-state index >= 15 is 0 Å². The Bertz CT molecular complexity index is 506. The van der Waals surface area contributed by atoms with Crippen molar-refractivity contribution in [2.45, 2.75) is 24.6 Å². The summed E-state index contributed by atoms with van der Waals surface area (Å²) in [5.74, 6) is -0.150. The van der Waals surface area contributed by atoms with Crippen molar-refractivity contribution in [2.24, 2.45) is 0 Å². The number of rotatable bonds is 4. The standard InChI is InChI=1S/C14H17ClN2O2S/c1-9(20-2)13(18)16-12-7-8-17(14(12)19)11-5-3-10(15)4-6-11/h3-6,9,12H,7-8H2,1-2H3,(H,16,18)/t9-,12+/m0/s1. The SMILES string of the molecule is CS[C@@H](C)C(=O)N[C@@H]1CCN(c2ccc(Cl)cc2)C1=O. The molecule has 1 heterocycles. The molecule has 1 aliphatic rings. The first-order chi connectivity index (χ1) is 9.52. The minimum Gasteiger partial charge on any atom is -0.343 e. The van der Waals surface area contributed by atoms with E-state index in [9.17, 15) is 9.59 Å². The van der Waals surface area contributed by atoms with Gasteiger partial charge in [0, 0.05) is 17.3 Å². The van der Waals surface area contributed by atoms with Gasteiger partial charge in [0.15, 0.2) is 0 Å². The van der Waals surface area contributed by atoms with E-state index in [0.29, 0.717) is 18.0 Å². The molecule has 0 aliphatic carbocycles. The third kappa shape index (κ3) is 3.27. The van der Waals surface area contributed by atoms with Crippen molar-refractivity contribution in [3.05, 3.63) is 29.3 Å². The van der Waals surface area contributed by atoms with Gasteiger partial charge in [0.1, 0.15) is 6.04 Å². The predicted molar refractivity (Wildman–Crippen MR) is 83.3 cm³/mol. The number of amides is 2. The van der Waals surface area contributed by atoms with Crippen LogP contribution >= 0.6 is 23.4 Å². The summed E-state index contributed by atoms with van der Waals surface area (Å²) in [5.41, 5.74) is 0.814. The molecule has 2 rings (SSSR count). The van der Waals surface area contributed by atoms with Gasteiger partial charge >= 0.3 is 0 Å². The van der Waals surface area contributed by atoms with Gasteiger partial charge < -0.3 is 10.2 Å². The first-order valence-corrected chi connectivity index (χ1v) is 8.09. The third-order valence-corrected chi connectivity index (χ3v) is 4.56. The first kappa shape index (κ1) is 15.2. The van der Waals surface area contributed by atoms with E-state index in [1.807, 2.05) is 25.3 Å². The third-order valence-electron chi connectivity index (χ3n) is 3.38. The van der Waals surface area contributed by atoms with Crippen molar-refractivity contribution in [1.82, 2.24) is 5.32 Å². The number of carbonyl (C=O) groups excluding carboxylic acids is 2. The quantitative estimate of drug-likeness (QED) is 0.928. The van der Waals surface area contributed by atoms with Crippen LogP contribution in [0.4, 0.5) is 5.69 Å². The lowest BCUT2D eigenvalue weighted by Gasteiger charge is -2.18. The lowest BCUT2D eigenvalue weighted by molar-refractivity contribution is -0.125. The molecule has 0 bridgehead atoms. The maximum Gasteiger partial charge on any atom is 0.249 e. The van der Waals surface area contributed by atoms with Crippen molar-refractivity contribution >= 4 is 40.9 Å². The minimum absolute atomic E-state index is 0.0611. The Morgan fingerprint density at radius 2 is 2.10 bits per heavy atom. The first-order valence-electron chi connectivity index (χ1n) is 6.43. The van der Waals surface area contributed by atoms with Gasteiger partial charge in [-0.15, -0.1) is 0 Å². The topological polar surface area (TPSA) is 49.4 Å². The zero-order chi connectivity index (χ0) is 14.7. The number of benzene rings is 1. The highest BCUT2D eigenvalue weighted by molar-refractivity contribution is 7.99. The molecule has 1 aliphatic heterocycles. The molecule has 0 unspecified atom stereocenters. The summed E-state index contributed by atoms with van der Waals surface area (Å²) >= 11 is 7.30. The molecule has 0 saturated carbocycles. The number of carbonyl (C=O) groups is 2. The average molecular weight is 313 g/mol. The van der Waals surface area contributed by atoms with E-state index in [2.05, 4.69) is 5.32 Å². The van der Waals surface area contributed by atoms with Crippen molar-refractivity contribution in [3.63, 3.8) is 0 Å². The summed E-state index contributed by atoms with van der Waals surface area (Å²) in [7, 11) is 0. The van der Waals surface area contributed by atoms with E-state index in [-0.39, 0.29) is 17.1 Å². The number of hydrogen-bond acceptors (Lipinski definition) is 3. The Balaban J connectivity index is 2.02. The maximum absolute atomic E-state index is 12.3. The second-order valence-corrected chi connectivity index (χ2v) is 6.31. The largest absolute Gasteiger partial charge is 0.343 e. The Hall–Kier alpha value is -1.20. The van der Waals surface area contributed by atoms with Crippen LogP contribution in [0.1, 0.15) is 13.3 Å². The highest BCUT2D eigenvalue weighted by Crippen LogP contribution is 2.23. The molecular formula is C14H17ClN2O2S. The van der Waals surface area contributed by atoms with E-state index < -0.39 is 6.04 Å². The maximum atomic E-state index is 12.3. The van der Waals surface area contributed by atoms with Crippen LogP contribution in [0.3, 0.4) is 0 Å². The predicted octanol–water partition coefficient (Wildman–Crippen LogP) is 2.31. The van der Waals surface area contributed by atoms with Gasteiger partial charge in [-0.25, -0.2) is 0 Å². The molecule has 1 aromatic rings. The smallest absolute Gasteiger partial charge is 0.249 e. The highest BCUT2D eigenvalue weighted by atomic mass is 35.5. The molecule has 1 fully saturated rings. The Labute approximate surface area is 127 Å². The van der Waals surface area contributed by atoms with E-state index in [4.69, 9.17) is 11.6 Å². The van der Waals surface area contributed by atoms with E-state index in [1.54, 1.807) is 17.0 Å². The summed E-state index contributed by atoms with van der Waals surface area (Å²) in [4.78, 5) is 25.8. The van der Waals surface area contributed by atoms with Gasteiger partial charge in [0.25, 0.3) is 0 Å². The fourth-order valence-electron chi connectivity index (χ4n) is 2.09. The number of nitrogens with zero attached hydrogens (tertiary/aromatic N) is 1. The summed E-state index contributed by atoms with van der Waals surface area (Å²) in [6.07, 6.45) is 2.51. The van der Waals surface area contributed by atoms with Crippen molar-refractivity contribution in [3.8, 4) is 0 Å². The second-order valence-electron chi connectivity index (χ2n) is 4.69. The fraction of sp³-hybridized carbons (Fsp3) is 0.429. The lowest BCUT2D eigenvalue weighted by Crippen LogP contribution is -2.44. The van der Waals surface area contributed by atoms with Gasteiger partial charge in [0.05, 0.1) is 5.25 Å².